The van der Waals surface area contributed by atoms with E-state index in [1.807, 2.05) is 59.2 Å². The monoisotopic (exact) mass is 946 g/mol. The van der Waals surface area contributed by atoms with Gasteiger partial charge in [-0.2, -0.15) is 0 Å². The zero-order chi connectivity index (χ0) is 43.8. The Morgan fingerprint density at radius 3 is 0.919 bits per heavy atom. The SMILES string of the molecule is CCCCCCC(CCCC)C(=O)OC(C)c1ccc(-c2ccc(-c3ccc(-c4ccc(-c5ccc(-c6ccc(C(C)OC(=O)C(CCCC)CCCCCC)s6)s5)s4)s3)s2)s1. The van der Waals surface area contributed by atoms with E-state index in [4.69, 9.17) is 9.47 Å². The molecule has 4 atom stereocenters. The molecule has 0 N–H and O–H groups in total. The smallest absolute Gasteiger partial charge is 0.309 e. The summed E-state index contributed by atoms with van der Waals surface area (Å²) in [7, 11) is 0. The molecule has 62 heavy (non-hydrogen) atoms. The van der Waals surface area contributed by atoms with Gasteiger partial charge in [0, 0.05) is 58.5 Å². The molecule has 4 unspecified atom stereocenters. The summed E-state index contributed by atoms with van der Waals surface area (Å²) in [4.78, 5) is 41.3. The molecule has 0 radical (unpaired) electrons. The quantitative estimate of drug-likeness (QED) is 0.0381. The van der Waals surface area contributed by atoms with Crippen LogP contribution in [0, 0.1) is 11.8 Å². The highest BCUT2D eigenvalue weighted by atomic mass is 32.1. The van der Waals surface area contributed by atoms with Crippen LogP contribution in [0.2, 0.25) is 0 Å². The van der Waals surface area contributed by atoms with Gasteiger partial charge >= 0.3 is 11.9 Å². The van der Waals surface area contributed by atoms with Crippen LogP contribution in [0.3, 0.4) is 0 Å². The summed E-state index contributed by atoms with van der Waals surface area (Å²) in [5, 5.41) is 0. The number of ether oxygens (including phenoxy) is 2. The molecule has 6 rings (SSSR count). The van der Waals surface area contributed by atoms with E-state index in [0.29, 0.717) is 0 Å². The summed E-state index contributed by atoms with van der Waals surface area (Å²) < 4.78 is 12.2. The van der Waals surface area contributed by atoms with Crippen molar-refractivity contribution in [1.29, 1.82) is 0 Å². The van der Waals surface area contributed by atoms with Gasteiger partial charge in [0.25, 0.3) is 0 Å². The maximum atomic E-state index is 13.3. The van der Waals surface area contributed by atoms with Crippen LogP contribution >= 0.6 is 68.0 Å². The Hall–Kier alpha value is -2.86. The Labute approximate surface area is 395 Å². The number of esters is 2. The topological polar surface area (TPSA) is 52.6 Å². The summed E-state index contributed by atoms with van der Waals surface area (Å²) >= 11 is 10.8. The first kappa shape index (κ1) is 48.6. The van der Waals surface area contributed by atoms with Crippen molar-refractivity contribution in [3.63, 3.8) is 0 Å². The van der Waals surface area contributed by atoms with Crippen LogP contribution in [0.25, 0.3) is 48.8 Å². The summed E-state index contributed by atoms with van der Waals surface area (Å²) in [6, 6.07) is 26.6. The molecular formula is C52H66O4S6. The van der Waals surface area contributed by atoms with Crippen molar-refractivity contribution >= 4 is 80.0 Å². The number of carbonyl (C=O) groups is 2. The van der Waals surface area contributed by atoms with Crippen LogP contribution in [0.5, 0.6) is 0 Å². The minimum absolute atomic E-state index is 0.00693. The van der Waals surface area contributed by atoms with Crippen molar-refractivity contribution < 1.29 is 19.1 Å². The van der Waals surface area contributed by atoms with Crippen molar-refractivity contribution in [1.82, 2.24) is 0 Å². The molecule has 0 spiro atoms. The lowest BCUT2D eigenvalue weighted by Crippen LogP contribution is -2.19. The molecule has 0 bridgehead atoms. The lowest BCUT2D eigenvalue weighted by atomic mass is 9.95. The Kier molecular flexibility index (Phi) is 19.6. The second-order valence-corrected chi connectivity index (χ2v) is 23.2. The van der Waals surface area contributed by atoms with E-state index in [1.54, 1.807) is 22.7 Å². The zero-order valence-corrected chi connectivity index (χ0v) is 42.5. The largest absolute Gasteiger partial charge is 0.457 e. The molecule has 6 heterocycles. The van der Waals surface area contributed by atoms with Gasteiger partial charge in [0.2, 0.25) is 0 Å². The van der Waals surface area contributed by atoms with E-state index in [-0.39, 0.29) is 36.0 Å². The first-order valence-corrected chi connectivity index (χ1v) is 28.1. The lowest BCUT2D eigenvalue weighted by Gasteiger charge is -2.19. The van der Waals surface area contributed by atoms with Crippen molar-refractivity contribution in [2.75, 3.05) is 0 Å². The molecule has 0 aliphatic carbocycles. The number of thiophene rings is 6. The van der Waals surface area contributed by atoms with E-state index < -0.39 is 0 Å². The minimum atomic E-state index is -0.245. The minimum Gasteiger partial charge on any atom is -0.457 e. The van der Waals surface area contributed by atoms with Gasteiger partial charge in [-0.3, -0.25) is 9.59 Å². The van der Waals surface area contributed by atoms with Crippen LogP contribution < -0.4 is 0 Å². The van der Waals surface area contributed by atoms with Gasteiger partial charge in [-0.1, -0.05) is 105 Å². The van der Waals surface area contributed by atoms with Crippen molar-refractivity contribution in [2.24, 2.45) is 11.8 Å². The van der Waals surface area contributed by atoms with Crippen molar-refractivity contribution in [3.8, 4) is 48.8 Å². The maximum Gasteiger partial charge on any atom is 0.309 e. The number of unbranched alkanes of at least 4 members (excludes halogenated alkanes) is 8. The fourth-order valence-electron chi connectivity index (χ4n) is 7.77. The molecule has 0 aromatic carbocycles. The number of carbonyl (C=O) groups excluding carboxylic acids is 2. The molecule has 0 aliphatic heterocycles. The van der Waals surface area contributed by atoms with Gasteiger partial charge in [-0.25, -0.2) is 0 Å². The third-order valence-electron chi connectivity index (χ3n) is 11.6. The molecule has 0 fully saturated rings. The Balaban J connectivity index is 1.04. The average molecular weight is 947 g/mol. The Bertz CT molecular complexity index is 2090. The Morgan fingerprint density at radius 2 is 0.629 bits per heavy atom. The van der Waals surface area contributed by atoms with E-state index in [1.165, 1.54) is 87.3 Å². The molecule has 10 heteroatoms. The maximum absolute atomic E-state index is 13.3. The van der Waals surface area contributed by atoms with Crippen LogP contribution in [-0.2, 0) is 19.1 Å². The van der Waals surface area contributed by atoms with Crippen molar-refractivity contribution in [3.05, 3.63) is 82.6 Å². The second-order valence-electron chi connectivity index (χ2n) is 16.6. The van der Waals surface area contributed by atoms with Crippen LogP contribution in [-0.4, -0.2) is 11.9 Å². The number of hydrogen-bond donors (Lipinski definition) is 0. The molecular weight excluding hydrogens is 881 g/mol. The van der Waals surface area contributed by atoms with Gasteiger partial charge in [0.1, 0.15) is 12.2 Å². The highest BCUT2D eigenvalue weighted by Gasteiger charge is 2.25. The fraction of sp³-hybridized carbons (Fsp3) is 0.500. The zero-order valence-electron chi connectivity index (χ0n) is 37.6. The van der Waals surface area contributed by atoms with Gasteiger partial charge in [0.05, 0.1) is 11.8 Å². The summed E-state index contributed by atoms with van der Waals surface area (Å²) in [5.74, 6) is -0.0412. The van der Waals surface area contributed by atoms with E-state index in [0.717, 1.165) is 74.0 Å². The van der Waals surface area contributed by atoms with Gasteiger partial charge < -0.3 is 9.47 Å². The normalized spacial score (nSPS) is 13.6. The van der Waals surface area contributed by atoms with Crippen molar-refractivity contribution in [2.45, 2.75) is 156 Å². The Morgan fingerprint density at radius 1 is 0.371 bits per heavy atom. The summed E-state index contributed by atoms with van der Waals surface area (Å²) in [6.07, 6.45) is 17.0. The summed E-state index contributed by atoms with van der Waals surface area (Å²) in [6.45, 7) is 12.9. The van der Waals surface area contributed by atoms with Gasteiger partial charge in [0.15, 0.2) is 0 Å². The number of hydrogen-bond acceptors (Lipinski definition) is 10. The van der Waals surface area contributed by atoms with E-state index in [2.05, 4.69) is 100 Å². The lowest BCUT2D eigenvalue weighted by molar-refractivity contribution is -0.155. The van der Waals surface area contributed by atoms with Crippen LogP contribution in [0.4, 0.5) is 0 Å². The molecule has 0 saturated carbocycles. The predicted molar refractivity (Wildman–Crippen MR) is 273 cm³/mol. The second kappa shape index (κ2) is 25.0. The van der Waals surface area contributed by atoms with Gasteiger partial charge in [-0.05, 0) is 112 Å². The average Bonchev–Trinajstić information content (AvgIpc) is 4.12. The summed E-state index contributed by atoms with van der Waals surface area (Å²) in [5.41, 5.74) is 0. The first-order valence-electron chi connectivity index (χ1n) is 23.2. The molecule has 6 aromatic rings. The molecule has 0 saturated heterocycles. The van der Waals surface area contributed by atoms with Crippen LogP contribution in [0.1, 0.15) is 166 Å². The van der Waals surface area contributed by atoms with Crippen LogP contribution in [0.15, 0.2) is 72.8 Å². The fourth-order valence-corrected chi connectivity index (χ4v) is 14.2. The third kappa shape index (κ3) is 13.6. The predicted octanol–water partition coefficient (Wildman–Crippen LogP) is 19.2. The first-order chi connectivity index (χ1) is 30.2. The standard InChI is InChI=1S/C52H66O4S6/c1-7-11-15-17-21-37(19-13-9-3)51(53)55-35(5)39-23-25-41(57-39)43-27-29-45(59-43)47-31-33-49(61-47)50-34-32-48(62-50)46-30-28-44(60-46)42-26-24-40(58-42)36(6)56-52(54)38(20-14-10-4)22-18-16-12-8-2/h23-38H,7-22H2,1-6H3. The van der Waals surface area contributed by atoms with Gasteiger partial charge in [-0.15, -0.1) is 68.0 Å². The highest BCUT2D eigenvalue weighted by molar-refractivity contribution is 7.30. The highest BCUT2D eigenvalue weighted by Crippen LogP contribution is 2.46. The third-order valence-corrected chi connectivity index (χ3v) is 19.4. The number of rotatable bonds is 27. The molecule has 0 aliphatic rings. The molecule has 0 amide bonds. The molecule has 334 valence electrons. The molecule has 4 nitrogen and oxygen atoms in total. The molecule has 6 aromatic heterocycles. The van der Waals surface area contributed by atoms with E-state index in [9.17, 15) is 9.59 Å². The van der Waals surface area contributed by atoms with E-state index >= 15 is 0 Å².